The quantitative estimate of drug-likeness (QED) is 0.297. The van der Waals surface area contributed by atoms with Gasteiger partial charge in [0.15, 0.2) is 17.5 Å². The summed E-state index contributed by atoms with van der Waals surface area (Å²) < 4.78 is 17.9. The van der Waals surface area contributed by atoms with Crippen molar-refractivity contribution in [1.29, 1.82) is 0 Å². The first-order valence-corrected chi connectivity index (χ1v) is 12.7. The van der Waals surface area contributed by atoms with E-state index in [1.807, 2.05) is 13.1 Å². The molecule has 12 heteroatoms. The van der Waals surface area contributed by atoms with Crippen molar-refractivity contribution >= 4 is 33.5 Å². The summed E-state index contributed by atoms with van der Waals surface area (Å²) in [5.41, 5.74) is 3.96. The summed E-state index contributed by atoms with van der Waals surface area (Å²) in [6, 6.07) is 3.48. The second-order valence-corrected chi connectivity index (χ2v) is 9.75. The zero-order valence-corrected chi connectivity index (χ0v) is 20.9. The highest BCUT2D eigenvalue weighted by molar-refractivity contribution is 5.96. The van der Waals surface area contributed by atoms with Gasteiger partial charge in [-0.15, -0.1) is 0 Å². The van der Waals surface area contributed by atoms with Crippen LogP contribution in [-0.4, -0.2) is 50.6 Å². The fraction of sp³-hybridized carbons (Fsp3) is 0.222. The van der Waals surface area contributed by atoms with Crippen LogP contribution in [0.5, 0.6) is 0 Å². The van der Waals surface area contributed by atoms with E-state index in [-0.39, 0.29) is 22.9 Å². The number of nitrogens with zero attached hydrogens (tertiary/aromatic N) is 7. The number of anilines is 1. The van der Waals surface area contributed by atoms with Crippen LogP contribution < -0.4 is 5.32 Å². The Morgan fingerprint density at radius 3 is 2.79 bits per heavy atom. The summed E-state index contributed by atoms with van der Waals surface area (Å²) in [6.07, 6.45) is 13.7. The van der Waals surface area contributed by atoms with Gasteiger partial charge in [0.2, 0.25) is 5.91 Å². The summed E-state index contributed by atoms with van der Waals surface area (Å²) in [5, 5.41) is 10.4. The molecule has 1 aliphatic rings. The number of hydrogen-bond acceptors (Lipinski definition) is 7. The average molecular weight is 523 g/mol. The van der Waals surface area contributed by atoms with E-state index in [1.54, 1.807) is 35.4 Å². The number of nitrogens with one attached hydrogen (secondary N) is 3. The molecule has 39 heavy (non-hydrogen) atoms. The van der Waals surface area contributed by atoms with Crippen LogP contribution in [0.1, 0.15) is 31.4 Å². The van der Waals surface area contributed by atoms with Crippen molar-refractivity contribution in [1.82, 2.24) is 44.7 Å². The minimum Gasteiger partial charge on any atom is -0.336 e. The van der Waals surface area contributed by atoms with Crippen LogP contribution in [-0.2, 0) is 4.79 Å². The van der Waals surface area contributed by atoms with Gasteiger partial charge in [-0.1, -0.05) is 12.8 Å². The maximum absolute atomic E-state index is 16.1. The van der Waals surface area contributed by atoms with Crippen molar-refractivity contribution in [3.05, 3.63) is 61.0 Å². The number of aromatic amines is 2. The predicted molar refractivity (Wildman–Crippen MR) is 142 cm³/mol. The van der Waals surface area contributed by atoms with E-state index in [2.05, 4.69) is 40.4 Å². The fourth-order valence-corrected chi connectivity index (χ4v) is 5.18. The summed E-state index contributed by atoms with van der Waals surface area (Å²) in [6.45, 7) is 1.89. The molecule has 11 nitrogen and oxygen atoms in total. The molecule has 0 atom stereocenters. The standard InChI is InChI=1S/C27H23FN10O/c1-14-12-38(13-32-14)26-23-18(6-7-30-26)34-25(35-23)24-20-19(36-37-24)11-31-22(21(20)28)16-8-17(10-29-9-16)33-27(39)15-4-2-3-5-15/h6-13,15H,2-5H2,1H3,(H,33,39)(H,34,35)(H,36,37). The third kappa shape index (κ3) is 4.00. The first kappa shape index (κ1) is 23.1. The van der Waals surface area contributed by atoms with E-state index in [9.17, 15) is 4.79 Å². The normalized spacial score (nSPS) is 14.0. The molecule has 3 N–H and O–H groups in total. The largest absolute Gasteiger partial charge is 0.336 e. The predicted octanol–water partition coefficient (Wildman–Crippen LogP) is 4.72. The minimum atomic E-state index is -0.568. The molecule has 194 valence electrons. The van der Waals surface area contributed by atoms with Gasteiger partial charge in [-0.25, -0.2) is 19.3 Å². The van der Waals surface area contributed by atoms with E-state index in [0.29, 0.717) is 39.6 Å². The van der Waals surface area contributed by atoms with E-state index >= 15 is 4.39 Å². The van der Waals surface area contributed by atoms with Gasteiger partial charge in [0, 0.05) is 30.1 Å². The van der Waals surface area contributed by atoms with Gasteiger partial charge in [-0.05, 0) is 31.9 Å². The number of fused-ring (bicyclic) bond motifs is 2. The number of amides is 1. The zero-order valence-electron chi connectivity index (χ0n) is 20.9. The molecule has 1 saturated carbocycles. The number of H-pyrrole nitrogens is 2. The van der Waals surface area contributed by atoms with Gasteiger partial charge in [-0.2, -0.15) is 5.10 Å². The molecule has 6 aromatic heterocycles. The molecule has 0 radical (unpaired) electrons. The summed E-state index contributed by atoms with van der Waals surface area (Å²) >= 11 is 0. The number of aromatic nitrogens is 9. The van der Waals surface area contributed by atoms with E-state index < -0.39 is 5.82 Å². The van der Waals surface area contributed by atoms with Crippen LogP contribution in [0.4, 0.5) is 10.1 Å². The lowest BCUT2D eigenvalue weighted by Crippen LogP contribution is -2.20. The highest BCUT2D eigenvalue weighted by atomic mass is 19.1. The zero-order chi connectivity index (χ0) is 26.5. The Hall–Kier alpha value is -5.00. The third-order valence-corrected chi connectivity index (χ3v) is 7.11. The van der Waals surface area contributed by atoms with Gasteiger partial charge in [-0.3, -0.25) is 24.4 Å². The van der Waals surface area contributed by atoms with Crippen LogP contribution in [0.2, 0.25) is 0 Å². The summed E-state index contributed by atoms with van der Waals surface area (Å²) in [4.78, 5) is 37.8. The van der Waals surface area contributed by atoms with Crippen LogP contribution in [0.3, 0.4) is 0 Å². The molecular formula is C27H23FN10O. The molecule has 1 aliphatic carbocycles. The second kappa shape index (κ2) is 9.08. The smallest absolute Gasteiger partial charge is 0.227 e. The number of carbonyl (C=O) groups excluding carboxylic acids is 1. The Morgan fingerprint density at radius 1 is 1.10 bits per heavy atom. The SMILES string of the molecule is Cc1cn(-c2nccc3[nH]c(-c4n[nH]c5cnc(-c6cncc(NC(=O)C7CCCC7)c6)c(F)c45)nc23)cn1. The summed E-state index contributed by atoms with van der Waals surface area (Å²) in [7, 11) is 0. The average Bonchev–Trinajstić information content (AvgIpc) is 3.75. The van der Waals surface area contributed by atoms with Gasteiger partial charge < -0.3 is 10.3 Å². The lowest BCUT2D eigenvalue weighted by molar-refractivity contribution is -0.119. The Labute approximate surface area is 221 Å². The number of hydrogen-bond donors (Lipinski definition) is 3. The highest BCUT2D eigenvalue weighted by Crippen LogP contribution is 2.34. The number of carbonyl (C=O) groups is 1. The highest BCUT2D eigenvalue weighted by Gasteiger charge is 2.24. The van der Waals surface area contributed by atoms with Crippen molar-refractivity contribution in [3.63, 3.8) is 0 Å². The van der Waals surface area contributed by atoms with Crippen molar-refractivity contribution < 1.29 is 9.18 Å². The Kier molecular flexibility index (Phi) is 5.39. The first-order chi connectivity index (χ1) is 19.0. The first-order valence-electron chi connectivity index (χ1n) is 12.7. The second-order valence-electron chi connectivity index (χ2n) is 9.75. The maximum Gasteiger partial charge on any atom is 0.227 e. The number of aryl methyl sites for hydroxylation is 1. The van der Waals surface area contributed by atoms with Crippen molar-refractivity contribution in [2.24, 2.45) is 5.92 Å². The van der Waals surface area contributed by atoms with Gasteiger partial charge in [0.1, 0.15) is 23.2 Å². The van der Waals surface area contributed by atoms with Gasteiger partial charge >= 0.3 is 0 Å². The number of halogens is 1. The molecule has 6 aromatic rings. The third-order valence-electron chi connectivity index (χ3n) is 7.11. The molecule has 0 saturated heterocycles. The maximum atomic E-state index is 16.1. The molecule has 1 fully saturated rings. The van der Waals surface area contributed by atoms with E-state index in [0.717, 1.165) is 36.9 Å². The Balaban J connectivity index is 1.28. The lowest BCUT2D eigenvalue weighted by Gasteiger charge is -2.11. The molecule has 0 bridgehead atoms. The molecule has 6 heterocycles. The van der Waals surface area contributed by atoms with Crippen LogP contribution >= 0.6 is 0 Å². The van der Waals surface area contributed by atoms with Crippen molar-refractivity contribution in [2.45, 2.75) is 32.6 Å². The van der Waals surface area contributed by atoms with Crippen molar-refractivity contribution in [2.75, 3.05) is 5.32 Å². The molecule has 0 aromatic carbocycles. The summed E-state index contributed by atoms with van der Waals surface area (Å²) in [5.74, 6) is 0.388. The molecule has 7 rings (SSSR count). The van der Waals surface area contributed by atoms with Gasteiger partial charge in [0.25, 0.3) is 0 Å². The van der Waals surface area contributed by atoms with Crippen molar-refractivity contribution in [3.8, 4) is 28.6 Å². The molecule has 0 unspecified atom stereocenters. The molecule has 0 aliphatic heterocycles. The van der Waals surface area contributed by atoms with Crippen LogP contribution in [0, 0.1) is 18.7 Å². The van der Waals surface area contributed by atoms with E-state index in [1.165, 1.54) is 12.4 Å². The Bertz CT molecular complexity index is 1860. The van der Waals surface area contributed by atoms with E-state index in [4.69, 9.17) is 4.98 Å². The van der Waals surface area contributed by atoms with Gasteiger partial charge in [0.05, 0.1) is 40.2 Å². The van der Waals surface area contributed by atoms with Crippen LogP contribution in [0.25, 0.3) is 50.5 Å². The molecular weight excluding hydrogens is 499 g/mol. The fourth-order valence-electron chi connectivity index (χ4n) is 5.18. The number of rotatable bonds is 5. The lowest BCUT2D eigenvalue weighted by atomic mass is 10.1. The molecule has 0 spiro atoms. The molecule has 1 amide bonds. The number of imidazole rings is 2. The number of pyridine rings is 3. The topological polar surface area (TPSA) is 143 Å². The van der Waals surface area contributed by atoms with Crippen LogP contribution in [0.15, 0.2) is 49.4 Å². The minimum absolute atomic E-state index is 0.00526. The monoisotopic (exact) mass is 522 g/mol. The Morgan fingerprint density at radius 2 is 1.97 bits per heavy atom.